The first-order valence-electron chi connectivity index (χ1n) is 10.0. The van der Waals surface area contributed by atoms with Gasteiger partial charge in [0.1, 0.15) is 5.75 Å². The molecule has 0 saturated carbocycles. The molecule has 32 heavy (non-hydrogen) atoms. The lowest BCUT2D eigenvalue weighted by Crippen LogP contribution is -2.09. The molecule has 0 bridgehead atoms. The molecule has 162 valence electrons. The number of fused-ring (bicyclic) bond motifs is 1. The third-order valence-electron chi connectivity index (χ3n) is 4.88. The molecule has 0 aliphatic heterocycles. The fourth-order valence-electron chi connectivity index (χ4n) is 3.34. The Morgan fingerprint density at radius 3 is 2.59 bits per heavy atom. The van der Waals surface area contributed by atoms with E-state index in [1.54, 1.807) is 11.8 Å². The highest BCUT2D eigenvalue weighted by Crippen LogP contribution is 2.35. The number of benzene rings is 3. The highest BCUT2D eigenvalue weighted by atomic mass is 79.9. The van der Waals surface area contributed by atoms with Crippen molar-refractivity contribution < 1.29 is 14.6 Å². The summed E-state index contributed by atoms with van der Waals surface area (Å²) >= 11 is 7.08. The molecule has 0 aliphatic rings. The molecule has 4 rings (SSSR count). The van der Waals surface area contributed by atoms with Gasteiger partial charge in [-0.1, -0.05) is 52.3 Å². The lowest BCUT2D eigenvalue weighted by molar-refractivity contribution is -0.139. The maximum atomic E-state index is 10.7. The van der Waals surface area contributed by atoms with Gasteiger partial charge in [0, 0.05) is 24.7 Å². The van der Waals surface area contributed by atoms with Crippen LogP contribution in [-0.4, -0.2) is 23.4 Å². The first-order chi connectivity index (χ1) is 15.5. The Morgan fingerprint density at radius 2 is 1.88 bits per heavy atom. The molecule has 0 fully saturated rings. The molecule has 0 radical (unpaired) electrons. The van der Waals surface area contributed by atoms with E-state index in [1.807, 2.05) is 36.5 Å². The monoisotopic (exact) mass is 524 g/mol. The maximum Gasteiger partial charge on any atom is 0.341 e. The number of thioether (sulfide) groups is 1. The summed E-state index contributed by atoms with van der Waals surface area (Å²) < 4.78 is 7.67. The summed E-state index contributed by atoms with van der Waals surface area (Å²) in [5, 5.41) is 10.1. The van der Waals surface area contributed by atoms with Crippen molar-refractivity contribution in [1.82, 2.24) is 0 Å². The Labute approximate surface area is 203 Å². The second-order valence-electron chi connectivity index (χ2n) is 7.19. The van der Waals surface area contributed by atoms with E-state index in [0.717, 1.165) is 20.7 Å². The molecule has 4 aromatic rings. The van der Waals surface area contributed by atoms with Gasteiger partial charge in [-0.2, -0.15) is 0 Å². The average Bonchev–Trinajstić information content (AvgIpc) is 3.21. The highest BCUT2D eigenvalue weighted by Gasteiger charge is 2.10. The van der Waals surface area contributed by atoms with Crippen molar-refractivity contribution in [3.05, 3.63) is 99.3 Å². The van der Waals surface area contributed by atoms with Crippen molar-refractivity contribution in [2.24, 2.45) is 0 Å². The quantitative estimate of drug-likeness (QED) is 0.240. The molecule has 1 heterocycles. The van der Waals surface area contributed by atoms with Gasteiger partial charge in [0.05, 0.1) is 0 Å². The van der Waals surface area contributed by atoms with Gasteiger partial charge >= 0.3 is 5.97 Å². The number of ether oxygens (including phenoxy) is 1. The first kappa shape index (κ1) is 22.6. The molecule has 0 amide bonds. The predicted octanol–water partition coefficient (Wildman–Crippen LogP) is 7.66. The Bertz CT molecular complexity index is 1240. The van der Waals surface area contributed by atoms with E-state index in [4.69, 9.17) is 9.84 Å². The van der Waals surface area contributed by atoms with Crippen molar-refractivity contribution in [3.8, 4) is 5.75 Å². The number of aryl methyl sites for hydroxylation is 1. The van der Waals surface area contributed by atoms with E-state index < -0.39 is 5.97 Å². The van der Waals surface area contributed by atoms with Gasteiger partial charge in [0.2, 0.25) is 0 Å². The summed E-state index contributed by atoms with van der Waals surface area (Å²) in [4.78, 5) is 13.1. The number of hydrogen-bond acceptors (Lipinski definition) is 4. The van der Waals surface area contributed by atoms with Gasteiger partial charge in [-0.3, -0.25) is 0 Å². The van der Waals surface area contributed by atoms with E-state index >= 15 is 0 Å². The topological polar surface area (TPSA) is 46.5 Å². The van der Waals surface area contributed by atoms with Gasteiger partial charge < -0.3 is 9.84 Å². The van der Waals surface area contributed by atoms with E-state index in [-0.39, 0.29) is 6.61 Å². The molecule has 0 saturated heterocycles. The van der Waals surface area contributed by atoms with Crippen molar-refractivity contribution in [2.75, 3.05) is 12.4 Å². The summed E-state index contributed by atoms with van der Waals surface area (Å²) in [6.07, 6.45) is 2.28. The van der Waals surface area contributed by atoms with E-state index in [0.29, 0.717) is 5.75 Å². The van der Waals surface area contributed by atoms with Crippen molar-refractivity contribution in [1.29, 1.82) is 0 Å². The smallest absolute Gasteiger partial charge is 0.341 e. The minimum Gasteiger partial charge on any atom is -0.482 e. The Balaban J connectivity index is 1.56. The van der Waals surface area contributed by atoms with Gasteiger partial charge in [-0.05, 0) is 71.5 Å². The zero-order chi connectivity index (χ0) is 22.5. The number of halogens is 1. The molecule has 3 nitrogen and oxygen atoms in total. The Hall–Kier alpha value is -2.54. The number of carboxylic acid groups (broad SMARTS) is 1. The lowest BCUT2D eigenvalue weighted by Gasteiger charge is -2.09. The highest BCUT2D eigenvalue weighted by molar-refractivity contribution is 9.10. The SMILES string of the molecule is Cc1cc(SC/C=C(\c2ccc(Br)cc2)c2cc3ccccc3s2)ccc1OCC(=O)O. The molecular weight excluding hydrogens is 504 g/mol. The molecule has 1 N–H and O–H groups in total. The van der Waals surface area contributed by atoms with Crippen LogP contribution in [0.25, 0.3) is 15.7 Å². The van der Waals surface area contributed by atoms with E-state index in [2.05, 4.69) is 76.6 Å². The molecule has 3 aromatic carbocycles. The minimum atomic E-state index is -0.977. The van der Waals surface area contributed by atoms with Crippen LogP contribution >= 0.6 is 39.0 Å². The molecule has 0 spiro atoms. The number of thiophene rings is 1. The van der Waals surface area contributed by atoms with Crippen molar-refractivity contribution in [3.63, 3.8) is 0 Å². The van der Waals surface area contributed by atoms with Gasteiger partial charge in [0.15, 0.2) is 6.61 Å². The van der Waals surface area contributed by atoms with Crippen LogP contribution in [0.4, 0.5) is 0 Å². The zero-order valence-electron chi connectivity index (χ0n) is 17.4. The van der Waals surface area contributed by atoms with Gasteiger partial charge in [-0.25, -0.2) is 4.79 Å². The lowest BCUT2D eigenvalue weighted by atomic mass is 10.0. The summed E-state index contributed by atoms with van der Waals surface area (Å²) in [7, 11) is 0. The number of rotatable bonds is 8. The van der Waals surface area contributed by atoms with Crippen LogP contribution in [0.5, 0.6) is 5.75 Å². The molecule has 6 heteroatoms. The van der Waals surface area contributed by atoms with Crippen LogP contribution in [0.2, 0.25) is 0 Å². The van der Waals surface area contributed by atoms with Crippen LogP contribution in [0, 0.1) is 6.92 Å². The summed E-state index contributed by atoms with van der Waals surface area (Å²) in [6.45, 7) is 1.60. The normalized spacial score (nSPS) is 11.6. The van der Waals surface area contributed by atoms with Gasteiger partial charge in [0.25, 0.3) is 0 Å². The number of carboxylic acids is 1. The third kappa shape index (κ3) is 5.63. The molecule has 1 aromatic heterocycles. The summed E-state index contributed by atoms with van der Waals surface area (Å²) in [5.74, 6) is 0.442. The van der Waals surface area contributed by atoms with E-state index in [9.17, 15) is 4.79 Å². The van der Waals surface area contributed by atoms with Crippen molar-refractivity contribution in [2.45, 2.75) is 11.8 Å². The van der Waals surface area contributed by atoms with Crippen LogP contribution in [0.3, 0.4) is 0 Å². The standard InChI is InChI=1S/C26H21BrO3S2/c1-17-14-21(10-11-23(17)30-16-26(28)29)31-13-12-22(18-6-8-20(27)9-7-18)25-15-19-4-2-3-5-24(19)32-25/h2-12,14-15H,13,16H2,1H3,(H,28,29)/b22-12+. The van der Waals surface area contributed by atoms with Crippen LogP contribution in [0.15, 0.2) is 88.2 Å². The molecular formula is C26H21BrO3S2. The number of hydrogen-bond donors (Lipinski definition) is 1. The predicted molar refractivity (Wildman–Crippen MR) is 138 cm³/mol. The van der Waals surface area contributed by atoms with Gasteiger partial charge in [-0.15, -0.1) is 23.1 Å². The third-order valence-corrected chi connectivity index (χ3v) is 7.48. The largest absolute Gasteiger partial charge is 0.482 e. The zero-order valence-corrected chi connectivity index (χ0v) is 20.6. The Kier molecular flexibility index (Phi) is 7.35. The maximum absolute atomic E-state index is 10.7. The summed E-state index contributed by atoms with van der Waals surface area (Å²) in [6, 6.07) is 25.0. The first-order valence-corrected chi connectivity index (χ1v) is 12.6. The fourth-order valence-corrected chi connectivity index (χ4v) is 5.60. The minimum absolute atomic E-state index is 0.332. The number of aliphatic carboxylic acids is 1. The second kappa shape index (κ2) is 10.4. The molecule has 0 atom stereocenters. The molecule has 0 aliphatic carbocycles. The fraction of sp³-hybridized carbons (Fsp3) is 0.115. The average molecular weight is 525 g/mol. The Morgan fingerprint density at radius 1 is 1.09 bits per heavy atom. The molecule has 0 unspecified atom stereocenters. The second-order valence-corrected chi connectivity index (χ2v) is 10.3. The number of carbonyl (C=O) groups is 1. The van der Waals surface area contributed by atoms with Crippen LogP contribution < -0.4 is 4.74 Å². The van der Waals surface area contributed by atoms with E-state index in [1.165, 1.54) is 26.1 Å². The summed E-state index contributed by atoms with van der Waals surface area (Å²) in [5.41, 5.74) is 3.34. The van der Waals surface area contributed by atoms with Crippen molar-refractivity contribution >= 4 is 60.7 Å². The van der Waals surface area contributed by atoms with Crippen LogP contribution in [0.1, 0.15) is 16.0 Å². The van der Waals surface area contributed by atoms with Crippen LogP contribution in [-0.2, 0) is 4.79 Å².